The van der Waals surface area contributed by atoms with Crippen molar-refractivity contribution in [2.24, 2.45) is 0 Å². The molecule has 1 aromatic carbocycles. The van der Waals surface area contributed by atoms with Crippen molar-refractivity contribution in [2.45, 2.75) is 0 Å². The van der Waals surface area contributed by atoms with Crippen LogP contribution in [0.3, 0.4) is 0 Å². The number of halogens is 1. The highest BCUT2D eigenvalue weighted by Gasteiger charge is 2.17. The van der Waals surface area contributed by atoms with Gasteiger partial charge < -0.3 is 5.11 Å². The van der Waals surface area contributed by atoms with E-state index in [-0.39, 0.29) is 10.7 Å². The lowest BCUT2D eigenvalue weighted by Gasteiger charge is -2.08. The SMILES string of the molecule is O=C(O)c1cn(-c2c(Cl)ccc3nsnc23)c(=O)[nH]c1=O. The second-order valence-electron chi connectivity index (χ2n) is 4.01. The van der Waals surface area contributed by atoms with Gasteiger partial charge in [0, 0.05) is 6.20 Å². The van der Waals surface area contributed by atoms with Gasteiger partial charge in [-0.2, -0.15) is 8.75 Å². The van der Waals surface area contributed by atoms with Crippen LogP contribution in [0.15, 0.2) is 27.9 Å². The minimum Gasteiger partial charge on any atom is -0.477 e. The Balaban J connectivity index is 2.43. The first-order valence-electron chi connectivity index (χ1n) is 5.49. The normalized spacial score (nSPS) is 10.9. The molecule has 0 bridgehead atoms. The number of H-pyrrole nitrogens is 1. The smallest absolute Gasteiger partial charge is 0.342 e. The van der Waals surface area contributed by atoms with Gasteiger partial charge in [-0.15, -0.1) is 0 Å². The summed E-state index contributed by atoms with van der Waals surface area (Å²) in [5, 5.41) is 9.16. The number of carboxylic acid groups (broad SMARTS) is 1. The predicted molar refractivity (Wildman–Crippen MR) is 75.6 cm³/mol. The number of benzene rings is 1. The van der Waals surface area contributed by atoms with Crippen LogP contribution in [0.25, 0.3) is 16.7 Å². The minimum absolute atomic E-state index is 0.173. The van der Waals surface area contributed by atoms with E-state index < -0.39 is 22.8 Å². The molecular weight excluding hydrogens is 320 g/mol. The Morgan fingerprint density at radius 3 is 2.81 bits per heavy atom. The lowest BCUT2D eigenvalue weighted by molar-refractivity contribution is 0.0694. The van der Waals surface area contributed by atoms with Crippen LogP contribution in [0, 0.1) is 0 Å². The standard InChI is InChI=1S/C11H5ClN4O4S/c12-5-1-2-6-7(15-21-14-6)8(5)16-3-4(10(18)19)9(17)13-11(16)20/h1-3H,(H,18,19)(H,13,17,20). The molecule has 0 radical (unpaired) electrons. The number of hydrogen-bond donors (Lipinski definition) is 2. The van der Waals surface area contributed by atoms with Gasteiger partial charge >= 0.3 is 11.7 Å². The van der Waals surface area contributed by atoms with Crippen LogP contribution in [0.5, 0.6) is 0 Å². The Morgan fingerprint density at radius 2 is 2.10 bits per heavy atom. The van der Waals surface area contributed by atoms with Gasteiger partial charge in [0.15, 0.2) is 0 Å². The number of aromatic carboxylic acids is 1. The van der Waals surface area contributed by atoms with E-state index in [9.17, 15) is 14.4 Å². The van der Waals surface area contributed by atoms with Crippen molar-refractivity contribution in [3.63, 3.8) is 0 Å². The van der Waals surface area contributed by atoms with Crippen LogP contribution < -0.4 is 11.2 Å². The van der Waals surface area contributed by atoms with Crippen LogP contribution in [0.1, 0.15) is 10.4 Å². The van der Waals surface area contributed by atoms with E-state index in [1.54, 1.807) is 6.07 Å². The lowest BCUT2D eigenvalue weighted by atomic mass is 10.2. The monoisotopic (exact) mass is 324 g/mol. The van der Waals surface area contributed by atoms with Crippen LogP contribution in [-0.2, 0) is 0 Å². The summed E-state index contributed by atoms with van der Waals surface area (Å²) >= 11 is 7.00. The molecule has 0 aliphatic rings. The molecule has 3 rings (SSSR count). The number of rotatable bonds is 2. The first kappa shape index (κ1) is 13.5. The summed E-state index contributed by atoms with van der Waals surface area (Å²) in [6.07, 6.45) is 0.920. The molecule has 0 aliphatic carbocycles. The van der Waals surface area contributed by atoms with Crippen LogP contribution >= 0.6 is 23.3 Å². The fourth-order valence-corrected chi connectivity index (χ4v) is 2.61. The predicted octanol–water partition coefficient (Wildman–Crippen LogP) is 0.882. The van der Waals surface area contributed by atoms with E-state index in [1.807, 2.05) is 4.98 Å². The molecule has 0 saturated carbocycles. The molecule has 0 amide bonds. The van der Waals surface area contributed by atoms with Crippen LogP contribution in [0.4, 0.5) is 0 Å². The third-order valence-corrected chi connectivity index (χ3v) is 3.61. The van der Waals surface area contributed by atoms with Crippen molar-refractivity contribution in [1.82, 2.24) is 18.3 Å². The van der Waals surface area contributed by atoms with Crippen molar-refractivity contribution in [3.8, 4) is 5.69 Å². The summed E-state index contributed by atoms with van der Waals surface area (Å²) in [6.45, 7) is 0. The molecule has 0 unspecified atom stereocenters. The quantitative estimate of drug-likeness (QED) is 0.722. The van der Waals surface area contributed by atoms with Gasteiger partial charge in [-0.3, -0.25) is 14.3 Å². The Bertz CT molecular complexity index is 990. The molecule has 21 heavy (non-hydrogen) atoms. The van der Waals surface area contributed by atoms with E-state index in [4.69, 9.17) is 16.7 Å². The molecule has 2 N–H and O–H groups in total. The van der Waals surface area contributed by atoms with Crippen molar-refractivity contribution >= 4 is 40.3 Å². The number of hydrogen-bond acceptors (Lipinski definition) is 6. The van der Waals surface area contributed by atoms with E-state index in [1.165, 1.54) is 6.07 Å². The third kappa shape index (κ3) is 2.12. The van der Waals surface area contributed by atoms with Gasteiger partial charge in [-0.25, -0.2) is 9.59 Å². The highest BCUT2D eigenvalue weighted by molar-refractivity contribution is 7.00. The molecule has 8 nitrogen and oxygen atoms in total. The molecule has 0 atom stereocenters. The van der Waals surface area contributed by atoms with Crippen molar-refractivity contribution in [1.29, 1.82) is 0 Å². The van der Waals surface area contributed by atoms with Crippen LogP contribution in [0.2, 0.25) is 5.02 Å². The molecule has 0 aliphatic heterocycles. The summed E-state index contributed by atoms with van der Waals surface area (Å²) in [5.74, 6) is -1.45. The Hall–Kier alpha value is -2.52. The third-order valence-electron chi connectivity index (χ3n) is 2.77. The lowest BCUT2D eigenvalue weighted by Crippen LogP contribution is -2.32. The largest absolute Gasteiger partial charge is 0.477 e. The van der Waals surface area contributed by atoms with E-state index in [0.717, 1.165) is 22.5 Å². The molecular formula is C11H5ClN4O4S. The molecule has 106 valence electrons. The second kappa shape index (κ2) is 4.79. The fraction of sp³-hybridized carbons (Fsp3) is 0. The summed E-state index contributed by atoms with van der Waals surface area (Å²) < 4.78 is 9.00. The highest BCUT2D eigenvalue weighted by Crippen LogP contribution is 2.27. The Kier molecular flexibility index (Phi) is 3.07. The van der Waals surface area contributed by atoms with Crippen molar-refractivity contribution in [2.75, 3.05) is 0 Å². The second-order valence-corrected chi connectivity index (χ2v) is 4.94. The van der Waals surface area contributed by atoms with Gasteiger partial charge in [0.1, 0.15) is 16.6 Å². The van der Waals surface area contributed by atoms with E-state index >= 15 is 0 Å². The van der Waals surface area contributed by atoms with E-state index in [2.05, 4.69) is 8.75 Å². The average Bonchev–Trinajstić information content (AvgIpc) is 2.88. The first-order chi connectivity index (χ1) is 9.99. The number of aromatic nitrogens is 4. The van der Waals surface area contributed by atoms with Crippen LogP contribution in [-0.4, -0.2) is 29.4 Å². The fourth-order valence-electron chi connectivity index (χ4n) is 1.83. The van der Waals surface area contributed by atoms with Crippen molar-refractivity contribution < 1.29 is 9.90 Å². The zero-order chi connectivity index (χ0) is 15.1. The summed E-state index contributed by atoms with van der Waals surface area (Å²) in [4.78, 5) is 36.4. The topological polar surface area (TPSA) is 118 Å². The molecule has 2 aromatic heterocycles. The highest BCUT2D eigenvalue weighted by atomic mass is 35.5. The summed E-state index contributed by atoms with van der Waals surface area (Å²) in [7, 11) is 0. The summed E-state index contributed by atoms with van der Waals surface area (Å²) in [6, 6.07) is 3.14. The number of nitrogens with one attached hydrogen (secondary N) is 1. The maximum absolute atomic E-state index is 11.9. The number of nitrogens with zero attached hydrogens (tertiary/aromatic N) is 3. The maximum atomic E-state index is 11.9. The van der Waals surface area contributed by atoms with Gasteiger partial charge in [0.05, 0.1) is 22.4 Å². The maximum Gasteiger partial charge on any atom is 0.342 e. The molecule has 0 saturated heterocycles. The molecule has 3 aromatic rings. The molecule has 10 heteroatoms. The van der Waals surface area contributed by atoms with Gasteiger partial charge in [0.25, 0.3) is 5.56 Å². The molecule has 0 fully saturated rings. The zero-order valence-corrected chi connectivity index (χ0v) is 11.6. The summed E-state index contributed by atoms with van der Waals surface area (Å²) in [5.41, 5.74) is -1.35. The van der Waals surface area contributed by atoms with Gasteiger partial charge in [-0.05, 0) is 12.1 Å². The minimum atomic E-state index is -1.45. The Morgan fingerprint density at radius 1 is 1.33 bits per heavy atom. The number of aromatic amines is 1. The van der Waals surface area contributed by atoms with Gasteiger partial charge in [-0.1, -0.05) is 11.6 Å². The number of carbonyl (C=O) groups is 1. The number of carboxylic acids is 1. The van der Waals surface area contributed by atoms with E-state index in [0.29, 0.717) is 11.0 Å². The van der Waals surface area contributed by atoms with Gasteiger partial charge in [0.2, 0.25) is 0 Å². The average molecular weight is 325 g/mol. The Labute approximate surface area is 124 Å². The zero-order valence-electron chi connectivity index (χ0n) is 10.0. The molecule has 2 heterocycles. The molecule has 0 spiro atoms. The first-order valence-corrected chi connectivity index (χ1v) is 6.60. The number of fused-ring (bicyclic) bond motifs is 1. The van der Waals surface area contributed by atoms with Crippen molar-refractivity contribution in [3.05, 3.63) is 49.8 Å².